The fourth-order valence-electron chi connectivity index (χ4n) is 2.31. The molecule has 15 heavy (non-hydrogen) atoms. The maximum absolute atomic E-state index is 5.95. The Labute approximate surface area is 93.2 Å². The molecule has 0 bridgehead atoms. The summed E-state index contributed by atoms with van der Waals surface area (Å²) < 4.78 is 7.52. The van der Waals surface area contributed by atoms with E-state index in [9.17, 15) is 0 Å². The van der Waals surface area contributed by atoms with Crippen LogP contribution in [-0.2, 0) is 16.9 Å². The molecule has 1 saturated heterocycles. The van der Waals surface area contributed by atoms with Gasteiger partial charge < -0.3 is 10.5 Å². The molecule has 1 fully saturated rings. The van der Waals surface area contributed by atoms with E-state index in [-0.39, 0.29) is 0 Å². The summed E-state index contributed by atoms with van der Waals surface area (Å²) in [5.74, 6) is 2.96. The lowest BCUT2D eigenvalue weighted by atomic mass is 10.1. The van der Waals surface area contributed by atoms with Crippen molar-refractivity contribution in [3.63, 3.8) is 0 Å². The monoisotopic (exact) mass is 225 g/mol. The van der Waals surface area contributed by atoms with Crippen molar-refractivity contribution >= 4 is 17.6 Å². The molecule has 0 spiro atoms. The normalized spacial score (nSPS) is 25.5. The number of hydrogen-bond acceptors (Lipinski definition) is 4. The van der Waals surface area contributed by atoms with E-state index in [2.05, 4.69) is 9.78 Å². The fourth-order valence-corrected chi connectivity index (χ4v) is 3.30. The van der Waals surface area contributed by atoms with Crippen LogP contribution in [0.3, 0.4) is 0 Å². The number of aromatic nitrogens is 2. The summed E-state index contributed by atoms with van der Waals surface area (Å²) >= 11 is 1.97. The van der Waals surface area contributed by atoms with Gasteiger partial charge in [-0.15, -0.1) is 0 Å². The number of anilines is 1. The number of hydrogen-bond donors (Lipinski definition) is 1. The van der Waals surface area contributed by atoms with E-state index in [1.54, 1.807) is 0 Å². The fraction of sp³-hybridized carbons (Fsp3) is 0.700. The molecular formula is C10H15N3OS. The third-order valence-corrected chi connectivity index (χ3v) is 4.11. The summed E-state index contributed by atoms with van der Waals surface area (Å²) in [4.78, 5) is 0. The molecule has 0 radical (unpaired) electrons. The van der Waals surface area contributed by atoms with E-state index < -0.39 is 0 Å². The highest BCUT2D eigenvalue weighted by atomic mass is 32.2. The third-order valence-electron chi connectivity index (χ3n) is 3.14. The van der Waals surface area contributed by atoms with E-state index in [0.29, 0.717) is 6.04 Å². The smallest absolute Gasteiger partial charge is 0.148 e. The van der Waals surface area contributed by atoms with Crippen LogP contribution in [0.1, 0.15) is 23.7 Å². The quantitative estimate of drug-likeness (QED) is 0.780. The van der Waals surface area contributed by atoms with Gasteiger partial charge in [-0.2, -0.15) is 16.9 Å². The van der Waals surface area contributed by atoms with Crippen LogP contribution in [0.2, 0.25) is 0 Å². The first kappa shape index (κ1) is 9.54. The van der Waals surface area contributed by atoms with E-state index in [1.807, 2.05) is 11.8 Å². The van der Waals surface area contributed by atoms with Crippen LogP contribution in [0.4, 0.5) is 5.82 Å². The van der Waals surface area contributed by atoms with Crippen molar-refractivity contribution in [1.29, 1.82) is 0 Å². The van der Waals surface area contributed by atoms with E-state index in [4.69, 9.17) is 10.5 Å². The van der Waals surface area contributed by atoms with Crippen molar-refractivity contribution in [2.45, 2.75) is 24.6 Å². The SMILES string of the molecule is Nc1nn(C2CCOC2)c2c1CCSC2. The topological polar surface area (TPSA) is 53.1 Å². The molecule has 1 atom stereocenters. The Bertz CT molecular complexity index is 371. The second kappa shape index (κ2) is 3.72. The lowest BCUT2D eigenvalue weighted by Gasteiger charge is -2.16. The van der Waals surface area contributed by atoms with Gasteiger partial charge in [0.1, 0.15) is 5.82 Å². The highest BCUT2D eigenvalue weighted by Gasteiger charge is 2.26. The number of nitrogens with zero attached hydrogens (tertiary/aromatic N) is 2. The largest absolute Gasteiger partial charge is 0.382 e. The average molecular weight is 225 g/mol. The van der Waals surface area contributed by atoms with Gasteiger partial charge in [0.15, 0.2) is 0 Å². The Kier molecular flexibility index (Phi) is 2.36. The van der Waals surface area contributed by atoms with Gasteiger partial charge >= 0.3 is 0 Å². The Morgan fingerprint density at radius 1 is 1.53 bits per heavy atom. The summed E-state index contributed by atoms with van der Waals surface area (Å²) in [5.41, 5.74) is 8.56. The lowest BCUT2D eigenvalue weighted by molar-refractivity contribution is 0.184. The molecule has 4 nitrogen and oxygen atoms in total. The number of nitrogen functional groups attached to an aromatic ring is 1. The van der Waals surface area contributed by atoms with E-state index in [0.717, 1.165) is 37.6 Å². The van der Waals surface area contributed by atoms with Crippen molar-refractivity contribution in [2.24, 2.45) is 0 Å². The van der Waals surface area contributed by atoms with Crippen molar-refractivity contribution < 1.29 is 4.74 Å². The van der Waals surface area contributed by atoms with Crippen LogP contribution in [0.25, 0.3) is 0 Å². The van der Waals surface area contributed by atoms with E-state index in [1.165, 1.54) is 17.0 Å². The zero-order valence-electron chi connectivity index (χ0n) is 8.61. The number of rotatable bonds is 1. The van der Waals surface area contributed by atoms with Gasteiger partial charge in [-0.05, 0) is 18.6 Å². The second-order valence-corrected chi connectivity index (χ2v) is 5.18. The first-order valence-electron chi connectivity index (χ1n) is 5.37. The maximum atomic E-state index is 5.95. The molecule has 2 aliphatic rings. The minimum Gasteiger partial charge on any atom is -0.382 e. The summed E-state index contributed by atoms with van der Waals surface area (Å²) in [7, 11) is 0. The standard InChI is InChI=1S/C10H15N3OS/c11-10-8-2-4-15-6-9(8)13(12-10)7-1-3-14-5-7/h7H,1-6H2,(H2,11,12). The van der Waals surface area contributed by atoms with Crippen LogP contribution >= 0.6 is 11.8 Å². The van der Waals surface area contributed by atoms with Gasteiger partial charge in [-0.1, -0.05) is 0 Å². The molecular weight excluding hydrogens is 210 g/mol. The van der Waals surface area contributed by atoms with Crippen LogP contribution in [-0.4, -0.2) is 28.7 Å². The van der Waals surface area contributed by atoms with Gasteiger partial charge in [0.25, 0.3) is 0 Å². The molecule has 0 aromatic carbocycles. The molecule has 0 aliphatic carbocycles. The van der Waals surface area contributed by atoms with E-state index >= 15 is 0 Å². The lowest BCUT2D eigenvalue weighted by Crippen LogP contribution is -2.15. The zero-order valence-corrected chi connectivity index (χ0v) is 9.42. The average Bonchev–Trinajstić information content (AvgIpc) is 2.87. The minimum atomic E-state index is 0.412. The Balaban J connectivity index is 1.99. The number of thioether (sulfide) groups is 1. The summed E-state index contributed by atoms with van der Waals surface area (Å²) in [5, 5.41) is 4.48. The molecule has 2 N–H and O–H groups in total. The molecule has 3 rings (SSSR count). The predicted octanol–water partition coefficient (Wildman–Crippen LogP) is 1.22. The zero-order chi connectivity index (χ0) is 10.3. The molecule has 1 unspecified atom stereocenters. The van der Waals surface area contributed by atoms with Gasteiger partial charge in [0.2, 0.25) is 0 Å². The maximum Gasteiger partial charge on any atom is 0.148 e. The van der Waals surface area contributed by atoms with Crippen molar-refractivity contribution in [1.82, 2.24) is 9.78 Å². The Morgan fingerprint density at radius 3 is 3.27 bits per heavy atom. The van der Waals surface area contributed by atoms with Crippen LogP contribution in [0.5, 0.6) is 0 Å². The molecule has 5 heteroatoms. The van der Waals surface area contributed by atoms with Crippen molar-refractivity contribution in [3.8, 4) is 0 Å². The molecule has 1 aromatic rings. The molecule has 2 aliphatic heterocycles. The first-order valence-corrected chi connectivity index (χ1v) is 6.53. The van der Waals surface area contributed by atoms with Gasteiger partial charge in [0.05, 0.1) is 18.3 Å². The first-order chi connectivity index (χ1) is 7.36. The van der Waals surface area contributed by atoms with Crippen molar-refractivity contribution in [2.75, 3.05) is 24.7 Å². The van der Waals surface area contributed by atoms with Crippen LogP contribution in [0, 0.1) is 0 Å². The molecule has 3 heterocycles. The summed E-state index contributed by atoms with van der Waals surface area (Å²) in [6.07, 6.45) is 2.14. The third kappa shape index (κ3) is 1.54. The van der Waals surface area contributed by atoms with Gasteiger partial charge in [-0.25, -0.2) is 0 Å². The number of nitrogens with two attached hydrogens (primary N) is 1. The predicted molar refractivity (Wildman–Crippen MR) is 61.0 cm³/mol. The highest BCUT2D eigenvalue weighted by Crippen LogP contribution is 2.32. The van der Waals surface area contributed by atoms with Crippen LogP contribution < -0.4 is 5.73 Å². The minimum absolute atomic E-state index is 0.412. The van der Waals surface area contributed by atoms with Gasteiger partial charge in [-0.3, -0.25) is 4.68 Å². The molecule has 1 aromatic heterocycles. The number of ether oxygens (including phenoxy) is 1. The molecule has 0 saturated carbocycles. The Morgan fingerprint density at radius 2 is 2.47 bits per heavy atom. The second-order valence-electron chi connectivity index (χ2n) is 4.08. The highest BCUT2D eigenvalue weighted by molar-refractivity contribution is 7.98. The van der Waals surface area contributed by atoms with Crippen molar-refractivity contribution in [3.05, 3.63) is 11.3 Å². The van der Waals surface area contributed by atoms with Gasteiger partial charge in [0, 0.05) is 17.9 Å². The summed E-state index contributed by atoms with van der Waals surface area (Å²) in [6.45, 7) is 1.64. The number of fused-ring (bicyclic) bond motifs is 1. The van der Waals surface area contributed by atoms with Crippen LogP contribution in [0.15, 0.2) is 0 Å². The molecule has 82 valence electrons. The summed E-state index contributed by atoms with van der Waals surface area (Å²) in [6, 6.07) is 0.412. The Hall–Kier alpha value is -0.680. The molecule has 0 amide bonds.